The fourth-order valence-corrected chi connectivity index (χ4v) is 4.27. The van der Waals surface area contributed by atoms with E-state index < -0.39 is 0 Å². The van der Waals surface area contributed by atoms with Crippen molar-refractivity contribution in [2.75, 3.05) is 9.80 Å². The summed E-state index contributed by atoms with van der Waals surface area (Å²) >= 11 is 0. The molecule has 0 unspecified atom stereocenters. The van der Waals surface area contributed by atoms with Gasteiger partial charge in [-0.1, -0.05) is 103 Å². The zero-order chi connectivity index (χ0) is 19.5. The van der Waals surface area contributed by atoms with Crippen LogP contribution < -0.4 is 9.80 Å². The van der Waals surface area contributed by atoms with Gasteiger partial charge in [-0.25, -0.2) is 0 Å². The number of hydrogen-bond acceptors (Lipinski definition) is 2. The highest BCUT2D eigenvalue weighted by Crippen LogP contribution is 2.47. The van der Waals surface area contributed by atoms with Crippen molar-refractivity contribution in [3.63, 3.8) is 0 Å². The van der Waals surface area contributed by atoms with E-state index in [1.807, 2.05) is 0 Å². The first-order valence-corrected chi connectivity index (χ1v) is 10.2. The third kappa shape index (κ3) is 3.50. The van der Waals surface area contributed by atoms with Crippen LogP contribution in [0.3, 0.4) is 0 Å². The molecule has 0 aromatic heterocycles. The fourth-order valence-electron chi connectivity index (χ4n) is 4.27. The van der Waals surface area contributed by atoms with Crippen molar-refractivity contribution in [3.8, 4) is 0 Å². The van der Waals surface area contributed by atoms with Crippen LogP contribution >= 0.6 is 0 Å². The van der Waals surface area contributed by atoms with Gasteiger partial charge in [-0.2, -0.15) is 0 Å². The highest BCUT2D eigenvalue weighted by Gasteiger charge is 2.36. The van der Waals surface area contributed by atoms with E-state index in [1.165, 1.54) is 28.1 Å². The molecule has 0 bridgehead atoms. The molecule has 1 heterocycles. The van der Waals surface area contributed by atoms with Gasteiger partial charge in [0.25, 0.3) is 0 Å². The van der Waals surface area contributed by atoms with Crippen LogP contribution in [0.15, 0.2) is 115 Å². The second-order valence-electron chi connectivity index (χ2n) is 7.50. The predicted octanol–water partition coefficient (Wildman–Crippen LogP) is 6.41. The molecular formula is C27H24N2. The maximum absolute atomic E-state index is 2.53. The smallest absolute Gasteiger partial charge is 0.129 e. The van der Waals surface area contributed by atoms with E-state index in [0.29, 0.717) is 0 Å². The molecule has 1 aliphatic heterocycles. The van der Waals surface area contributed by atoms with Crippen molar-refractivity contribution >= 4 is 11.4 Å². The van der Waals surface area contributed by atoms with Crippen LogP contribution in [0.5, 0.6) is 0 Å². The molecule has 29 heavy (non-hydrogen) atoms. The van der Waals surface area contributed by atoms with Gasteiger partial charge >= 0.3 is 0 Å². The summed E-state index contributed by atoms with van der Waals surface area (Å²) < 4.78 is 0. The average molecular weight is 377 g/mol. The molecule has 1 aliphatic rings. The number of fused-ring (bicyclic) bond motifs is 1. The van der Waals surface area contributed by atoms with E-state index >= 15 is 0 Å². The van der Waals surface area contributed by atoms with Crippen LogP contribution in [0.4, 0.5) is 11.4 Å². The molecule has 2 heteroatoms. The number of hydrogen-bond donors (Lipinski definition) is 0. The van der Waals surface area contributed by atoms with Crippen molar-refractivity contribution < 1.29 is 0 Å². The quantitative estimate of drug-likeness (QED) is 0.397. The molecule has 0 aliphatic carbocycles. The van der Waals surface area contributed by atoms with E-state index in [-0.39, 0.29) is 6.17 Å². The first kappa shape index (κ1) is 17.6. The summed E-state index contributed by atoms with van der Waals surface area (Å²) in [7, 11) is 0. The van der Waals surface area contributed by atoms with E-state index in [1.54, 1.807) is 0 Å². The predicted molar refractivity (Wildman–Crippen MR) is 121 cm³/mol. The molecule has 4 aromatic carbocycles. The van der Waals surface area contributed by atoms with Crippen molar-refractivity contribution in [2.24, 2.45) is 0 Å². The van der Waals surface area contributed by atoms with Crippen molar-refractivity contribution in [3.05, 3.63) is 132 Å². The molecule has 142 valence electrons. The molecule has 0 atom stereocenters. The Balaban J connectivity index is 1.60. The van der Waals surface area contributed by atoms with E-state index in [4.69, 9.17) is 0 Å². The molecule has 2 nitrogen and oxygen atoms in total. The van der Waals surface area contributed by atoms with E-state index in [0.717, 1.165) is 13.1 Å². The van der Waals surface area contributed by atoms with Crippen molar-refractivity contribution in [2.45, 2.75) is 19.3 Å². The molecule has 0 radical (unpaired) electrons. The summed E-state index contributed by atoms with van der Waals surface area (Å²) in [5, 5.41) is 0. The topological polar surface area (TPSA) is 6.48 Å². The molecule has 0 saturated carbocycles. The molecule has 5 rings (SSSR count). The Morgan fingerprint density at radius 2 is 0.828 bits per heavy atom. The number of para-hydroxylation sites is 2. The monoisotopic (exact) mass is 376 g/mol. The maximum Gasteiger partial charge on any atom is 0.129 e. The number of nitrogens with zero attached hydrogens (tertiary/aromatic N) is 2. The van der Waals surface area contributed by atoms with Crippen LogP contribution in [0.1, 0.15) is 22.9 Å². The largest absolute Gasteiger partial charge is 0.341 e. The summed E-state index contributed by atoms with van der Waals surface area (Å²) in [4.78, 5) is 5.06. The van der Waals surface area contributed by atoms with Gasteiger partial charge in [-0.05, 0) is 28.8 Å². The van der Waals surface area contributed by atoms with Crippen LogP contribution in [-0.2, 0) is 13.1 Å². The van der Waals surface area contributed by atoms with Gasteiger partial charge in [0.15, 0.2) is 0 Å². The summed E-state index contributed by atoms with van der Waals surface area (Å²) in [6, 6.07) is 41.1. The highest BCUT2D eigenvalue weighted by atomic mass is 15.4. The summed E-state index contributed by atoms with van der Waals surface area (Å²) in [6.45, 7) is 1.76. The molecule has 0 amide bonds. The highest BCUT2D eigenvalue weighted by molar-refractivity contribution is 5.78. The molecule has 0 spiro atoms. The zero-order valence-electron chi connectivity index (χ0n) is 16.4. The van der Waals surface area contributed by atoms with Crippen LogP contribution in [0.25, 0.3) is 0 Å². The average Bonchev–Trinajstić information content (AvgIpc) is 3.09. The third-order valence-electron chi connectivity index (χ3n) is 5.58. The Labute approximate surface area is 172 Å². The van der Waals surface area contributed by atoms with Gasteiger partial charge < -0.3 is 9.80 Å². The molecule has 4 aromatic rings. The Morgan fingerprint density at radius 3 is 1.28 bits per heavy atom. The summed E-state index contributed by atoms with van der Waals surface area (Å²) in [5.41, 5.74) is 6.55. The van der Waals surface area contributed by atoms with Gasteiger partial charge in [0.2, 0.25) is 0 Å². The first-order chi connectivity index (χ1) is 14.4. The first-order valence-electron chi connectivity index (χ1n) is 10.2. The normalized spacial score (nSPS) is 13.5. The Morgan fingerprint density at radius 1 is 0.448 bits per heavy atom. The number of benzene rings is 4. The lowest BCUT2D eigenvalue weighted by Gasteiger charge is -2.34. The fraction of sp³-hybridized carbons (Fsp3) is 0.111. The third-order valence-corrected chi connectivity index (χ3v) is 5.58. The SMILES string of the molecule is c1ccc(CN2c3ccccc3N(Cc3ccccc3)C2c2ccccc2)cc1. The lowest BCUT2D eigenvalue weighted by atomic mass is 10.1. The standard InChI is InChI=1S/C27H24N2/c1-4-12-22(13-5-1)20-28-25-18-10-11-19-26(25)29(21-23-14-6-2-7-15-23)27(28)24-16-8-3-9-17-24/h1-19,27H,20-21H2. The minimum Gasteiger partial charge on any atom is -0.341 e. The van der Waals surface area contributed by atoms with Gasteiger partial charge in [0.1, 0.15) is 6.17 Å². The van der Waals surface area contributed by atoms with Crippen LogP contribution in [0, 0.1) is 0 Å². The van der Waals surface area contributed by atoms with Gasteiger partial charge in [0.05, 0.1) is 11.4 Å². The molecule has 0 N–H and O–H groups in total. The summed E-state index contributed by atoms with van der Waals surface area (Å²) in [6.07, 6.45) is 0.161. The Hall–Kier alpha value is -3.52. The summed E-state index contributed by atoms with van der Waals surface area (Å²) in [5.74, 6) is 0. The minimum atomic E-state index is 0.161. The molecular weight excluding hydrogens is 352 g/mol. The van der Waals surface area contributed by atoms with E-state index in [9.17, 15) is 0 Å². The van der Waals surface area contributed by atoms with Crippen LogP contribution in [0.2, 0.25) is 0 Å². The number of rotatable bonds is 5. The van der Waals surface area contributed by atoms with Gasteiger partial charge in [-0.3, -0.25) is 0 Å². The van der Waals surface area contributed by atoms with Crippen molar-refractivity contribution in [1.29, 1.82) is 0 Å². The zero-order valence-corrected chi connectivity index (χ0v) is 16.4. The van der Waals surface area contributed by atoms with Crippen molar-refractivity contribution in [1.82, 2.24) is 0 Å². The van der Waals surface area contributed by atoms with Gasteiger partial charge in [-0.15, -0.1) is 0 Å². The van der Waals surface area contributed by atoms with E-state index in [2.05, 4.69) is 125 Å². The van der Waals surface area contributed by atoms with Crippen LogP contribution in [-0.4, -0.2) is 0 Å². The minimum absolute atomic E-state index is 0.161. The second-order valence-corrected chi connectivity index (χ2v) is 7.50. The maximum atomic E-state index is 2.53. The Bertz CT molecular complexity index is 993. The molecule has 0 fully saturated rings. The second kappa shape index (κ2) is 7.84. The lowest BCUT2D eigenvalue weighted by molar-refractivity contribution is 0.603. The molecule has 0 saturated heterocycles. The lowest BCUT2D eigenvalue weighted by Crippen LogP contribution is -2.35. The van der Waals surface area contributed by atoms with Gasteiger partial charge in [0, 0.05) is 13.1 Å². The number of anilines is 2. The Kier molecular flexibility index (Phi) is 4.75.